The molecule has 180 valence electrons. The highest BCUT2D eigenvalue weighted by atomic mass is 32.1. The van der Waals surface area contributed by atoms with Crippen molar-refractivity contribution in [3.8, 4) is 5.75 Å². The molecule has 2 heterocycles. The molecule has 0 spiro atoms. The number of rotatable bonds is 5. The summed E-state index contributed by atoms with van der Waals surface area (Å²) in [5.74, 6) is 0.316. The number of para-hydroxylation sites is 1. The van der Waals surface area contributed by atoms with E-state index in [1.165, 1.54) is 28.8 Å². The Kier molecular flexibility index (Phi) is 5.71. The first kappa shape index (κ1) is 22.6. The van der Waals surface area contributed by atoms with E-state index in [0.29, 0.717) is 32.9 Å². The summed E-state index contributed by atoms with van der Waals surface area (Å²) in [4.78, 5) is 31.6. The zero-order valence-corrected chi connectivity index (χ0v) is 20.4. The first-order valence-electron chi connectivity index (χ1n) is 11.4. The van der Waals surface area contributed by atoms with Gasteiger partial charge in [-0.05, 0) is 47.2 Å². The maximum atomic E-state index is 13.9. The molecule has 6 aromatic rings. The van der Waals surface area contributed by atoms with Crippen molar-refractivity contribution < 1.29 is 13.9 Å². The van der Waals surface area contributed by atoms with Gasteiger partial charge in [-0.3, -0.25) is 9.59 Å². The topological polar surface area (TPSA) is 85.0 Å². The smallest absolute Gasteiger partial charge is 0.281 e. The molecule has 0 aliphatic heterocycles. The van der Waals surface area contributed by atoms with Gasteiger partial charge in [0.2, 0.25) is 10.6 Å². The third-order valence-electron chi connectivity index (χ3n) is 6.00. The number of thiazole rings is 1. The molecule has 7 nitrogen and oxygen atoms in total. The first-order chi connectivity index (χ1) is 18.1. The van der Waals surface area contributed by atoms with Gasteiger partial charge in [0, 0.05) is 5.56 Å². The van der Waals surface area contributed by atoms with Crippen molar-refractivity contribution in [1.82, 2.24) is 4.98 Å². The van der Waals surface area contributed by atoms with Crippen molar-refractivity contribution in [2.45, 2.75) is 0 Å². The minimum atomic E-state index is -0.371. The molecular weight excluding hydrogens is 486 g/mol. The lowest BCUT2D eigenvalue weighted by Crippen LogP contribution is -2.26. The Hall–Kier alpha value is -4.82. The van der Waals surface area contributed by atoms with Crippen LogP contribution in [0.3, 0.4) is 0 Å². The second kappa shape index (κ2) is 9.33. The summed E-state index contributed by atoms with van der Waals surface area (Å²) in [6, 6.07) is 25.7. The Morgan fingerprint density at radius 2 is 1.78 bits per heavy atom. The highest BCUT2D eigenvalue weighted by molar-refractivity contribution is 7.22. The van der Waals surface area contributed by atoms with Gasteiger partial charge in [-0.1, -0.05) is 59.9 Å². The molecule has 0 fully saturated rings. The summed E-state index contributed by atoms with van der Waals surface area (Å²) in [6.07, 6.45) is 2.69. The molecule has 0 unspecified atom stereocenters. The van der Waals surface area contributed by atoms with E-state index >= 15 is 0 Å². The average molecular weight is 506 g/mol. The fraction of sp³-hybridized carbons (Fsp3) is 0.0345. The van der Waals surface area contributed by atoms with Crippen molar-refractivity contribution in [2.75, 3.05) is 12.1 Å². The molecule has 0 saturated carbocycles. The lowest BCUT2D eigenvalue weighted by Gasteiger charge is -2.15. The van der Waals surface area contributed by atoms with Crippen LogP contribution in [0.2, 0.25) is 0 Å². The normalized spacial score (nSPS) is 11.5. The molecule has 0 N–H and O–H groups in total. The summed E-state index contributed by atoms with van der Waals surface area (Å²) in [6.45, 7) is 0. The number of nitrogens with zero attached hydrogens (tertiary/aromatic N) is 3. The molecule has 0 aliphatic rings. The summed E-state index contributed by atoms with van der Waals surface area (Å²) < 4.78 is 11.8. The molecule has 37 heavy (non-hydrogen) atoms. The van der Waals surface area contributed by atoms with Crippen LogP contribution in [0.25, 0.3) is 32.0 Å². The number of carbonyl (C=O) groups is 1. The summed E-state index contributed by atoms with van der Waals surface area (Å²) in [7, 11) is 1.60. The number of anilines is 1. The predicted molar refractivity (Wildman–Crippen MR) is 147 cm³/mol. The van der Waals surface area contributed by atoms with Gasteiger partial charge in [-0.15, -0.1) is 0 Å². The van der Waals surface area contributed by atoms with Crippen LogP contribution in [0.5, 0.6) is 5.75 Å². The third-order valence-corrected chi connectivity index (χ3v) is 6.99. The van der Waals surface area contributed by atoms with Gasteiger partial charge in [0.1, 0.15) is 17.6 Å². The summed E-state index contributed by atoms with van der Waals surface area (Å²) in [5.41, 5.74) is 1.64. The van der Waals surface area contributed by atoms with Crippen molar-refractivity contribution in [3.63, 3.8) is 0 Å². The molecule has 1 amide bonds. The van der Waals surface area contributed by atoms with E-state index in [1.54, 1.807) is 37.4 Å². The third kappa shape index (κ3) is 4.13. The maximum absolute atomic E-state index is 13.9. The highest BCUT2D eigenvalue weighted by Gasteiger charge is 2.23. The Balaban J connectivity index is 1.49. The van der Waals surface area contributed by atoms with Crippen LogP contribution >= 0.6 is 11.3 Å². The van der Waals surface area contributed by atoms with Gasteiger partial charge in [0.15, 0.2) is 0 Å². The fourth-order valence-electron chi connectivity index (χ4n) is 4.13. The molecule has 0 atom stereocenters. The van der Waals surface area contributed by atoms with Gasteiger partial charge in [0.05, 0.1) is 34.5 Å². The number of ether oxygens (including phenoxy) is 1. The van der Waals surface area contributed by atoms with Crippen LogP contribution in [-0.2, 0) is 0 Å². The van der Waals surface area contributed by atoms with Crippen molar-refractivity contribution in [3.05, 3.63) is 113 Å². The number of fused-ring (bicyclic) bond motifs is 3. The van der Waals surface area contributed by atoms with Crippen LogP contribution < -0.4 is 15.2 Å². The van der Waals surface area contributed by atoms with Gasteiger partial charge in [0.25, 0.3) is 5.91 Å². The molecule has 0 bridgehead atoms. The van der Waals surface area contributed by atoms with E-state index in [4.69, 9.17) is 9.15 Å². The fourth-order valence-corrected chi connectivity index (χ4v) is 5.08. The summed E-state index contributed by atoms with van der Waals surface area (Å²) >= 11 is 1.30. The molecule has 2 aromatic heterocycles. The zero-order chi connectivity index (χ0) is 25.4. The van der Waals surface area contributed by atoms with Gasteiger partial charge < -0.3 is 9.15 Å². The minimum Gasteiger partial charge on any atom is -0.497 e. The minimum absolute atomic E-state index is 0.220. The number of hydrogen-bond donors (Lipinski definition) is 0. The molecule has 4 aromatic carbocycles. The van der Waals surface area contributed by atoms with Crippen LogP contribution in [0.1, 0.15) is 15.9 Å². The average Bonchev–Trinajstić information content (AvgIpc) is 3.37. The van der Waals surface area contributed by atoms with Gasteiger partial charge in [-0.25, -0.2) is 4.98 Å². The van der Waals surface area contributed by atoms with Gasteiger partial charge in [-0.2, -0.15) is 10.1 Å². The number of hydrogen-bond acceptors (Lipinski definition) is 7. The molecule has 0 aliphatic carbocycles. The Labute approximate surface area is 214 Å². The second-order valence-electron chi connectivity index (χ2n) is 8.23. The molecule has 6 rings (SSSR count). The van der Waals surface area contributed by atoms with Crippen LogP contribution in [0.4, 0.5) is 5.13 Å². The monoisotopic (exact) mass is 505 g/mol. The zero-order valence-electron chi connectivity index (χ0n) is 19.6. The largest absolute Gasteiger partial charge is 0.497 e. The van der Waals surface area contributed by atoms with Crippen molar-refractivity contribution >= 4 is 60.5 Å². The predicted octanol–water partition coefficient (Wildman–Crippen LogP) is 6.25. The molecule has 8 heteroatoms. The van der Waals surface area contributed by atoms with Gasteiger partial charge >= 0.3 is 0 Å². The SMILES string of the molecule is COc1ccc2nc(N(/N=C/c3coc4ccccc4c3=O)C(=O)c3cccc4ccccc34)sc2c1. The van der Waals surface area contributed by atoms with Crippen LogP contribution in [-0.4, -0.2) is 24.2 Å². The first-order valence-corrected chi connectivity index (χ1v) is 12.3. The van der Waals surface area contributed by atoms with E-state index in [9.17, 15) is 9.59 Å². The number of methoxy groups -OCH3 is 1. The van der Waals surface area contributed by atoms with E-state index in [2.05, 4.69) is 10.1 Å². The van der Waals surface area contributed by atoms with E-state index < -0.39 is 0 Å². The number of amides is 1. The Morgan fingerprint density at radius 3 is 2.65 bits per heavy atom. The Morgan fingerprint density at radius 1 is 1.00 bits per heavy atom. The molecular formula is C29H19N3O4S. The maximum Gasteiger partial charge on any atom is 0.281 e. The quantitative estimate of drug-likeness (QED) is 0.204. The number of carbonyl (C=O) groups excluding carboxylic acids is 1. The molecule has 0 saturated heterocycles. The lowest BCUT2D eigenvalue weighted by molar-refractivity contribution is 0.0989. The lowest BCUT2D eigenvalue weighted by atomic mass is 10.0. The standard InChI is InChI=1S/C29H19N3O4S/c1-35-20-13-14-24-26(15-20)37-29(31-24)32(28(34)22-11-6-8-18-7-2-3-9-21(18)22)30-16-19-17-36-25-12-5-4-10-23(25)27(19)33/h2-17H,1H3/b30-16+. The summed E-state index contributed by atoms with van der Waals surface area (Å²) in [5, 5.41) is 8.22. The van der Waals surface area contributed by atoms with Crippen molar-refractivity contribution in [2.24, 2.45) is 5.10 Å². The number of hydrazone groups is 1. The van der Waals surface area contributed by atoms with Crippen molar-refractivity contribution in [1.29, 1.82) is 0 Å². The van der Waals surface area contributed by atoms with E-state index in [-0.39, 0.29) is 16.9 Å². The second-order valence-corrected chi connectivity index (χ2v) is 9.24. The highest BCUT2D eigenvalue weighted by Crippen LogP contribution is 2.33. The van der Waals surface area contributed by atoms with E-state index in [0.717, 1.165) is 15.5 Å². The molecule has 0 radical (unpaired) electrons. The van der Waals surface area contributed by atoms with Crippen LogP contribution in [0.15, 0.2) is 106 Å². The van der Waals surface area contributed by atoms with Crippen LogP contribution in [0, 0.1) is 0 Å². The number of benzene rings is 4. The Bertz CT molecular complexity index is 1880. The number of aromatic nitrogens is 1. The van der Waals surface area contributed by atoms with E-state index in [1.807, 2.05) is 54.6 Å².